The fourth-order valence-corrected chi connectivity index (χ4v) is 2.97. The minimum absolute atomic E-state index is 0.378. The quantitative estimate of drug-likeness (QED) is 0.787. The molecule has 110 valence electrons. The Balaban J connectivity index is 2.28. The zero-order chi connectivity index (χ0) is 15.6. The van der Waals surface area contributed by atoms with Crippen LogP contribution in [0, 0.1) is 0 Å². The highest BCUT2D eigenvalue weighted by Crippen LogP contribution is 2.40. The van der Waals surface area contributed by atoms with Crippen LogP contribution in [0.2, 0.25) is 10.0 Å². The molecule has 1 aromatic heterocycles. The summed E-state index contributed by atoms with van der Waals surface area (Å²) in [5.74, 6) is 0. The lowest BCUT2D eigenvalue weighted by atomic mass is 9.81. The molecule has 0 fully saturated rings. The van der Waals surface area contributed by atoms with Crippen LogP contribution in [-0.2, 0) is 5.60 Å². The molecule has 0 saturated carbocycles. The van der Waals surface area contributed by atoms with E-state index in [9.17, 15) is 5.11 Å². The number of aromatic nitrogens is 2. The average molecular weight is 331 g/mol. The van der Waals surface area contributed by atoms with Gasteiger partial charge in [0.1, 0.15) is 11.9 Å². The number of hydrogen-bond donors (Lipinski definition) is 1. The predicted molar refractivity (Wildman–Crippen MR) is 87.0 cm³/mol. The van der Waals surface area contributed by atoms with Crippen LogP contribution in [0.15, 0.2) is 67.3 Å². The topological polar surface area (TPSA) is 46.0 Å². The molecule has 2 aromatic carbocycles. The van der Waals surface area contributed by atoms with E-state index in [1.54, 1.807) is 30.6 Å². The van der Waals surface area contributed by atoms with Crippen LogP contribution in [-0.4, -0.2) is 15.1 Å². The first-order valence-electron chi connectivity index (χ1n) is 6.61. The van der Waals surface area contributed by atoms with Gasteiger partial charge in [-0.2, -0.15) is 0 Å². The maximum Gasteiger partial charge on any atom is 0.144 e. The van der Waals surface area contributed by atoms with Crippen LogP contribution < -0.4 is 0 Å². The lowest BCUT2D eigenvalue weighted by molar-refractivity contribution is 0.125. The van der Waals surface area contributed by atoms with Gasteiger partial charge in [-0.1, -0.05) is 59.6 Å². The van der Waals surface area contributed by atoms with Gasteiger partial charge in [-0.15, -0.1) is 0 Å². The van der Waals surface area contributed by atoms with Crippen molar-refractivity contribution in [3.8, 4) is 0 Å². The Bertz CT molecular complexity index is 740. The minimum atomic E-state index is -1.45. The molecule has 3 nitrogen and oxygen atoms in total. The van der Waals surface area contributed by atoms with Crippen LogP contribution in [0.5, 0.6) is 0 Å². The van der Waals surface area contributed by atoms with E-state index >= 15 is 0 Å². The molecule has 5 heteroatoms. The zero-order valence-electron chi connectivity index (χ0n) is 11.4. The van der Waals surface area contributed by atoms with Crippen molar-refractivity contribution in [2.24, 2.45) is 0 Å². The number of aliphatic hydroxyl groups is 1. The average Bonchev–Trinajstić information content (AvgIpc) is 2.56. The largest absolute Gasteiger partial charge is 0.376 e. The molecule has 3 rings (SSSR count). The Kier molecular flexibility index (Phi) is 4.12. The van der Waals surface area contributed by atoms with Gasteiger partial charge in [0.05, 0.1) is 0 Å². The number of halogens is 2. The van der Waals surface area contributed by atoms with Crippen LogP contribution in [0.1, 0.15) is 16.7 Å². The Morgan fingerprint density at radius 1 is 0.864 bits per heavy atom. The molecule has 0 spiro atoms. The van der Waals surface area contributed by atoms with E-state index in [1.807, 2.05) is 30.3 Å². The summed E-state index contributed by atoms with van der Waals surface area (Å²) < 4.78 is 0. The van der Waals surface area contributed by atoms with E-state index in [0.29, 0.717) is 26.7 Å². The lowest BCUT2D eigenvalue weighted by Gasteiger charge is -2.30. The molecule has 3 aromatic rings. The van der Waals surface area contributed by atoms with Crippen LogP contribution in [0.3, 0.4) is 0 Å². The fraction of sp³-hybridized carbons (Fsp3) is 0.0588. The first-order valence-corrected chi connectivity index (χ1v) is 7.37. The highest BCUT2D eigenvalue weighted by molar-refractivity contribution is 6.35. The molecule has 1 N–H and O–H groups in total. The van der Waals surface area contributed by atoms with Crippen molar-refractivity contribution in [3.63, 3.8) is 0 Å². The van der Waals surface area contributed by atoms with Crippen LogP contribution in [0.25, 0.3) is 0 Å². The monoisotopic (exact) mass is 330 g/mol. The summed E-state index contributed by atoms with van der Waals surface area (Å²) in [6, 6.07) is 14.3. The SMILES string of the molecule is O[C@@](c1ccccc1)(c1cncnc1)c1ccc(Cl)cc1Cl. The molecule has 0 aliphatic heterocycles. The summed E-state index contributed by atoms with van der Waals surface area (Å²) in [6.07, 6.45) is 4.56. The zero-order valence-corrected chi connectivity index (χ0v) is 13.0. The van der Waals surface area contributed by atoms with Gasteiger partial charge in [-0.05, 0) is 17.7 Å². The fourth-order valence-electron chi connectivity index (χ4n) is 2.43. The van der Waals surface area contributed by atoms with Crippen molar-refractivity contribution >= 4 is 23.2 Å². The minimum Gasteiger partial charge on any atom is -0.376 e. The molecule has 0 amide bonds. The van der Waals surface area contributed by atoms with Gasteiger partial charge < -0.3 is 5.11 Å². The highest BCUT2D eigenvalue weighted by atomic mass is 35.5. The van der Waals surface area contributed by atoms with Crippen molar-refractivity contribution in [3.05, 3.63) is 94.0 Å². The number of rotatable bonds is 3. The normalized spacial score (nSPS) is 13.6. The summed E-state index contributed by atoms with van der Waals surface area (Å²) in [5.41, 5.74) is 0.281. The summed E-state index contributed by atoms with van der Waals surface area (Å²) in [7, 11) is 0. The Labute approximate surface area is 138 Å². The molecule has 0 saturated heterocycles. The van der Waals surface area contributed by atoms with Gasteiger partial charge in [0, 0.05) is 33.6 Å². The Morgan fingerprint density at radius 3 is 2.18 bits per heavy atom. The van der Waals surface area contributed by atoms with E-state index in [2.05, 4.69) is 9.97 Å². The molecule has 0 radical (unpaired) electrons. The highest BCUT2D eigenvalue weighted by Gasteiger charge is 2.36. The molecule has 0 aliphatic rings. The molecule has 1 heterocycles. The molecule has 0 unspecified atom stereocenters. The van der Waals surface area contributed by atoms with Gasteiger partial charge in [-0.3, -0.25) is 0 Å². The molecule has 1 atom stereocenters. The van der Waals surface area contributed by atoms with E-state index in [-0.39, 0.29) is 0 Å². The van der Waals surface area contributed by atoms with Gasteiger partial charge in [0.2, 0.25) is 0 Å². The van der Waals surface area contributed by atoms with Gasteiger partial charge in [-0.25, -0.2) is 9.97 Å². The van der Waals surface area contributed by atoms with E-state index in [0.717, 1.165) is 0 Å². The second-order valence-corrected chi connectivity index (χ2v) is 5.67. The lowest BCUT2D eigenvalue weighted by Crippen LogP contribution is -2.29. The molecule has 22 heavy (non-hydrogen) atoms. The Morgan fingerprint density at radius 2 is 1.55 bits per heavy atom. The van der Waals surface area contributed by atoms with Crippen molar-refractivity contribution in [1.29, 1.82) is 0 Å². The molecule has 0 aliphatic carbocycles. The van der Waals surface area contributed by atoms with Crippen molar-refractivity contribution in [1.82, 2.24) is 9.97 Å². The van der Waals surface area contributed by atoms with E-state index in [4.69, 9.17) is 23.2 Å². The smallest absolute Gasteiger partial charge is 0.144 e. The van der Waals surface area contributed by atoms with Crippen LogP contribution >= 0.6 is 23.2 Å². The van der Waals surface area contributed by atoms with Crippen LogP contribution in [0.4, 0.5) is 0 Å². The third-order valence-corrected chi connectivity index (χ3v) is 4.04. The third-order valence-electron chi connectivity index (χ3n) is 3.49. The van der Waals surface area contributed by atoms with Gasteiger partial charge in [0.15, 0.2) is 0 Å². The van der Waals surface area contributed by atoms with Gasteiger partial charge >= 0.3 is 0 Å². The number of benzene rings is 2. The Hall–Kier alpha value is -1.94. The molecular formula is C17H12Cl2N2O. The van der Waals surface area contributed by atoms with Gasteiger partial charge in [0.25, 0.3) is 0 Å². The third kappa shape index (κ3) is 2.59. The second kappa shape index (κ2) is 6.05. The number of nitrogens with zero attached hydrogens (tertiary/aromatic N) is 2. The van der Waals surface area contributed by atoms with Crippen molar-refractivity contribution in [2.75, 3.05) is 0 Å². The molecular weight excluding hydrogens is 319 g/mol. The predicted octanol–water partition coefficient (Wildman–Crippen LogP) is 4.07. The summed E-state index contributed by atoms with van der Waals surface area (Å²) in [6.45, 7) is 0. The first-order chi connectivity index (χ1) is 10.6. The van der Waals surface area contributed by atoms with Crippen molar-refractivity contribution < 1.29 is 5.11 Å². The first kappa shape index (κ1) is 15.0. The van der Waals surface area contributed by atoms with E-state index in [1.165, 1.54) is 6.33 Å². The van der Waals surface area contributed by atoms with Crippen molar-refractivity contribution in [2.45, 2.75) is 5.60 Å². The standard InChI is InChI=1S/C17H12Cl2N2O/c18-14-6-7-15(16(19)8-14)17(22,12-4-2-1-3-5-12)13-9-20-11-21-10-13/h1-11,22H/t17-/m0/s1. The summed E-state index contributed by atoms with van der Waals surface area (Å²) >= 11 is 12.3. The second-order valence-electron chi connectivity index (χ2n) is 4.83. The maximum absolute atomic E-state index is 11.5. The van der Waals surface area contributed by atoms with E-state index < -0.39 is 5.60 Å². The summed E-state index contributed by atoms with van der Waals surface area (Å²) in [4.78, 5) is 8.02. The number of hydrogen-bond acceptors (Lipinski definition) is 3. The maximum atomic E-state index is 11.5. The molecule has 0 bridgehead atoms. The summed E-state index contributed by atoms with van der Waals surface area (Å²) in [5, 5.41) is 12.4.